The molecule has 0 aliphatic carbocycles. The number of phenolic OH excluding ortho intramolecular Hbond substituents is 1. The van der Waals surface area contributed by atoms with Gasteiger partial charge in [-0.3, -0.25) is 9.69 Å². The number of piperidine rings is 3. The third-order valence-electron chi connectivity index (χ3n) is 5.44. The van der Waals surface area contributed by atoms with Gasteiger partial charge in [0.15, 0.2) is 0 Å². The summed E-state index contributed by atoms with van der Waals surface area (Å²) in [6.07, 6.45) is 2.38. The predicted molar refractivity (Wildman–Crippen MR) is 96.4 cm³/mol. The zero-order valence-electron chi connectivity index (χ0n) is 13.7. The molecule has 1 aromatic carbocycles. The third-order valence-corrected chi connectivity index (χ3v) is 6.57. The number of nitrogens with zero attached hydrogens (tertiary/aromatic N) is 1. The van der Waals surface area contributed by atoms with Gasteiger partial charge in [-0.1, -0.05) is 12.1 Å². The van der Waals surface area contributed by atoms with Gasteiger partial charge in [-0.15, -0.1) is 11.3 Å². The van der Waals surface area contributed by atoms with Crippen LogP contribution in [0, 0.1) is 5.92 Å². The first-order valence-corrected chi connectivity index (χ1v) is 9.37. The Bertz CT molecular complexity index is 747. The Morgan fingerprint density at radius 2 is 2.04 bits per heavy atom. The summed E-state index contributed by atoms with van der Waals surface area (Å²) in [6, 6.07) is 11.7. The molecule has 2 unspecified atom stereocenters. The van der Waals surface area contributed by atoms with Crippen molar-refractivity contribution in [2.24, 2.45) is 5.92 Å². The molecule has 2 aromatic rings. The molecule has 2 bridgehead atoms. The van der Waals surface area contributed by atoms with Gasteiger partial charge in [0.25, 0.3) is 5.91 Å². The lowest BCUT2D eigenvalue weighted by Gasteiger charge is -2.49. The number of amides is 1. The smallest absolute Gasteiger partial charge is 0.261 e. The fraction of sp³-hybridized carbons (Fsp3) is 0.421. The van der Waals surface area contributed by atoms with Crippen molar-refractivity contribution in [1.29, 1.82) is 0 Å². The topological polar surface area (TPSA) is 52.6 Å². The molecule has 4 nitrogen and oxygen atoms in total. The summed E-state index contributed by atoms with van der Waals surface area (Å²) in [5.74, 6) is 0.879. The summed E-state index contributed by atoms with van der Waals surface area (Å²) in [6.45, 7) is 4.56. The fourth-order valence-corrected chi connectivity index (χ4v) is 4.95. The van der Waals surface area contributed by atoms with Crippen molar-refractivity contribution < 1.29 is 9.90 Å². The molecule has 1 amide bonds. The minimum Gasteiger partial charge on any atom is -0.508 e. The minimum absolute atomic E-state index is 0.0250. The normalized spacial score (nSPS) is 28.7. The zero-order chi connectivity index (χ0) is 16.7. The number of carbonyl (C=O) groups excluding carboxylic acids is 1. The first kappa shape index (κ1) is 15.7. The van der Waals surface area contributed by atoms with Crippen molar-refractivity contribution in [2.75, 3.05) is 13.1 Å². The monoisotopic (exact) mass is 342 g/mol. The molecule has 4 heterocycles. The number of hydrogen-bond donors (Lipinski definition) is 2. The molecule has 0 spiro atoms. The highest BCUT2D eigenvalue weighted by atomic mass is 32.1. The van der Waals surface area contributed by atoms with E-state index in [4.69, 9.17) is 0 Å². The van der Waals surface area contributed by atoms with Crippen molar-refractivity contribution in [1.82, 2.24) is 10.2 Å². The SMILES string of the molecule is CC1C(NC(=O)c2ccc(-c3cccc(O)c3)s2)C2CCN1CC2. The van der Waals surface area contributed by atoms with Crippen LogP contribution < -0.4 is 5.32 Å². The molecule has 3 saturated heterocycles. The van der Waals surface area contributed by atoms with Gasteiger partial charge in [-0.05, 0) is 68.6 Å². The average Bonchev–Trinajstić information content (AvgIpc) is 3.09. The van der Waals surface area contributed by atoms with Crippen LogP contribution in [0.3, 0.4) is 0 Å². The number of carbonyl (C=O) groups is 1. The molecule has 5 rings (SSSR count). The third kappa shape index (κ3) is 2.82. The number of aromatic hydroxyl groups is 1. The Kier molecular flexibility index (Phi) is 4.06. The Balaban J connectivity index is 1.49. The lowest BCUT2D eigenvalue weighted by Crippen LogP contribution is -2.62. The molecule has 0 radical (unpaired) electrons. The van der Waals surface area contributed by atoms with E-state index in [1.165, 1.54) is 37.3 Å². The second kappa shape index (κ2) is 6.22. The lowest BCUT2D eigenvalue weighted by molar-refractivity contribution is 0.0218. The van der Waals surface area contributed by atoms with Crippen molar-refractivity contribution in [3.8, 4) is 16.2 Å². The van der Waals surface area contributed by atoms with Crippen LogP contribution in [0.15, 0.2) is 36.4 Å². The van der Waals surface area contributed by atoms with E-state index < -0.39 is 0 Å². The van der Waals surface area contributed by atoms with Crippen LogP contribution in [-0.4, -0.2) is 41.1 Å². The van der Waals surface area contributed by atoms with Gasteiger partial charge in [0.05, 0.1) is 4.88 Å². The van der Waals surface area contributed by atoms with Gasteiger partial charge in [0.1, 0.15) is 5.75 Å². The largest absolute Gasteiger partial charge is 0.508 e. The summed E-state index contributed by atoms with van der Waals surface area (Å²) in [5, 5.41) is 12.9. The van der Waals surface area contributed by atoms with Crippen LogP contribution >= 0.6 is 11.3 Å². The molecule has 3 fully saturated rings. The maximum Gasteiger partial charge on any atom is 0.261 e. The Morgan fingerprint density at radius 3 is 2.75 bits per heavy atom. The van der Waals surface area contributed by atoms with Crippen LogP contribution in [0.4, 0.5) is 0 Å². The molecular weight excluding hydrogens is 320 g/mol. The number of hydrogen-bond acceptors (Lipinski definition) is 4. The predicted octanol–water partition coefficient (Wildman–Crippen LogP) is 3.33. The van der Waals surface area contributed by atoms with Crippen molar-refractivity contribution in [3.05, 3.63) is 41.3 Å². The van der Waals surface area contributed by atoms with E-state index >= 15 is 0 Å². The van der Waals surface area contributed by atoms with Crippen LogP contribution in [0.1, 0.15) is 29.4 Å². The Hall–Kier alpha value is -1.85. The van der Waals surface area contributed by atoms with E-state index in [2.05, 4.69) is 17.1 Å². The summed E-state index contributed by atoms with van der Waals surface area (Å²) < 4.78 is 0. The molecule has 24 heavy (non-hydrogen) atoms. The van der Waals surface area contributed by atoms with Gasteiger partial charge >= 0.3 is 0 Å². The summed E-state index contributed by atoms with van der Waals surface area (Å²) in [4.78, 5) is 16.9. The van der Waals surface area contributed by atoms with E-state index in [0.717, 1.165) is 15.3 Å². The number of nitrogens with one attached hydrogen (secondary N) is 1. The van der Waals surface area contributed by atoms with Gasteiger partial charge in [-0.25, -0.2) is 0 Å². The van der Waals surface area contributed by atoms with Gasteiger partial charge < -0.3 is 10.4 Å². The van der Waals surface area contributed by atoms with Crippen LogP contribution in [-0.2, 0) is 0 Å². The highest BCUT2D eigenvalue weighted by Gasteiger charge is 2.40. The summed E-state index contributed by atoms with van der Waals surface area (Å²) >= 11 is 1.48. The number of phenols is 1. The molecule has 2 atom stereocenters. The van der Waals surface area contributed by atoms with Gasteiger partial charge in [-0.2, -0.15) is 0 Å². The molecular formula is C19H22N2O2S. The minimum atomic E-state index is 0.0250. The molecule has 3 aliphatic rings. The summed E-state index contributed by atoms with van der Waals surface area (Å²) in [7, 11) is 0. The lowest BCUT2D eigenvalue weighted by atomic mass is 9.79. The average molecular weight is 342 g/mol. The van der Waals surface area contributed by atoms with Crippen LogP contribution in [0.2, 0.25) is 0 Å². The maximum absolute atomic E-state index is 12.7. The molecule has 2 N–H and O–H groups in total. The summed E-state index contributed by atoms with van der Waals surface area (Å²) in [5.41, 5.74) is 0.940. The maximum atomic E-state index is 12.7. The molecule has 3 aliphatic heterocycles. The van der Waals surface area contributed by atoms with E-state index in [1.807, 2.05) is 24.3 Å². The van der Waals surface area contributed by atoms with E-state index in [9.17, 15) is 9.90 Å². The van der Waals surface area contributed by atoms with E-state index in [1.54, 1.807) is 12.1 Å². The number of fused-ring (bicyclic) bond motifs is 3. The standard InChI is InChI=1S/C19H22N2O2S/c1-12-18(13-7-9-21(12)10-8-13)20-19(23)17-6-5-16(24-17)14-3-2-4-15(22)11-14/h2-6,11-13,18,22H,7-10H2,1H3,(H,20,23). The molecule has 1 aromatic heterocycles. The number of rotatable bonds is 3. The van der Waals surface area contributed by atoms with Crippen molar-refractivity contribution in [3.63, 3.8) is 0 Å². The van der Waals surface area contributed by atoms with E-state index in [0.29, 0.717) is 12.0 Å². The highest BCUT2D eigenvalue weighted by Crippen LogP contribution is 2.33. The quantitative estimate of drug-likeness (QED) is 0.899. The molecule has 5 heteroatoms. The number of thiophene rings is 1. The second-order valence-corrected chi connectivity index (χ2v) is 7.91. The fourth-order valence-electron chi connectivity index (χ4n) is 4.04. The Labute approximate surface area is 146 Å². The zero-order valence-corrected chi connectivity index (χ0v) is 14.6. The van der Waals surface area contributed by atoms with Gasteiger partial charge in [0, 0.05) is 17.0 Å². The second-order valence-electron chi connectivity index (χ2n) is 6.83. The number of benzene rings is 1. The van der Waals surface area contributed by atoms with Crippen molar-refractivity contribution >= 4 is 17.2 Å². The highest BCUT2D eigenvalue weighted by molar-refractivity contribution is 7.17. The van der Waals surface area contributed by atoms with Gasteiger partial charge in [0.2, 0.25) is 0 Å². The first-order valence-electron chi connectivity index (χ1n) is 8.56. The molecule has 0 saturated carbocycles. The molecule has 126 valence electrons. The van der Waals surface area contributed by atoms with Crippen LogP contribution in [0.5, 0.6) is 5.75 Å². The van der Waals surface area contributed by atoms with Crippen molar-refractivity contribution in [2.45, 2.75) is 31.8 Å². The van der Waals surface area contributed by atoms with E-state index in [-0.39, 0.29) is 17.7 Å². The first-order chi connectivity index (χ1) is 11.6. The Morgan fingerprint density at radius 1 is 1.25 bits per heavy atom. The van der Waals surface area contributed by atoms with Crippen LogP contribution in [0.25, 0.3) is 10.4 Å².